The molecule has 0 unspecified atom stereocenters. The zero-order chi connectivity index (χ0) is 17.7. The van der Waals surface area contributed by atoms with Crippen molar-refractivity contribution in [2.45, 2.75) is 44.2 Å². The zero-order valence-corrected chi connectivity index (χ0v) is 15.4. The highest BCUT2D eigenvalue weighted by molar-refractivity contribution is 5.92. The Morgan fingerprint density at radius 3 is 2.68 bits per heavy atom. The van der Waals surface area contributed by atoms with Gasteiger partial charge in [0.15, 0.2) is 11.5 Å². The summed E-state index contributed by atoms with van der Waals surface area (Å²) in [5.74, 6) is 0.545. The molecular formula is C18H30N4O3. The minimum Gasteiger partial charge on any atom is -0.381 e. The number of ether oxygens (including phenoxy) is 1. The Morgan fingerprint density at radius 1 is 1.28 bits per heavy atom. The topological polar surface area (TPSA) is 70.8 Å². The minimum atomic E-state index is -0.156. The summed E-state index contributed by atoms with van der Waals surface area (Å²) in [5, 5.41) is 7.02. The van der Waals surface area contributed by atoms with Gasteiger partial charge < -0.3 is 19.5 Å². The predicted molar refractivity (Wildman–Crippen MR) is 94.4 cm³/mol. The van der Waals surface area contributed by atoms with Gasteiger partial charge in [0.25, 0.3) is 5.91 Å². The molecule has 0 bridgehead atoms. The summed E-state index contributed by atoms with van der Waals surface area (Å²) in [6.45, 7) is 5.05. The van der Waals surface area contributed by atoms with Gasteiger partial charge in [0.2, 0.25) is 0 Å². The predicted octanol–water partition coefficient (Wildman–Crippen LogP) is 1.50. The monoisotopic (exact) mass is 350 g/mol. The number of nitrogens with zero attached hydrogens (tertiary/aromatic N) is 3. The van der Waals surface area contributed by atoms with E-state index in [4.69, 9.17) is 9.26 Å². The fourth-order valence-corrected chi connectivity index (χ4v) is 3.87. The number of hydrogen-bond donors (Lipinski definition) is 1. The molecule has 0 aromatic carbocycles. The second-order valence-corrected chi connectivity index (χ2v) is 7.48. The fraction of sp³-hybridized carbons (Fsp3) is 0.778. The van der Waals surface area contributed by atoms with Crippen molar-refractivity contribution in [1.29, 1.82) is 0 Å². The molecule has 0 radical (unpaired) electrons. The minimum absolute atomic E-state index is 0.0184. The highest BCUT2D eigenvalue weighted by Crippen LogP contribution is 2.30. The first-order chi connectivity index (χ1) is 12.1. The SMILES string of the molecule is CN(C)Cc1cc(C(=O)NCC2(N3CCCCC3)CCOCC2)no1. The molecule has 7 nitrogen and oxygen atoms in total. The van der Waals surface area contributed by atoms with Gasteiger partial charge in [0, 0.05) is 31.4 Å². The number of likely N-dealkylation sites (tertiary alicyclic amines) is 1. The first-order valence-corrected chi connectivity index (χ1v) is 9.30. The molecule has 3 rings (SSSR count). The largest absolute Gasteiger partial charge is 0.381 e. The van der Waals surface area contributed by atoms with Crippen molar-refractivity contribution in [3.63, 3.8) is 0 Å². The number of amides is 1. The van der Waals surface area contributed by atoms with Crippen LogP contribution in [0.5, 0.6) is 0 Å². The number of carbonyl (C=O) groups excluding carboxylic acids is 1. The normalized spacial score (nSPS) is 21.4. The highest BCUT2D eigenvalue weighted by Gasteiger charge is 2.39. The molecule has 2 aliphatic rings. The average Bonchev–Trinajstić information content (AvgIpc) is 3.09. The number of hydrogen-bond acceptors (Lipinski definition) is 6. The molecule has 1 amide bonds. The van der Waals surface area contributed by atoms with E-state index in [2.05, 4.69) is 15.4 Å². The van der Waals surface area contributed by atoms with Gasteiger partial charge in [0.1, 0.15) is 0 Å². The fourth-order valence-electron chi connectivity index (χ4n) is 3.87. The second kappa shape index (κ2) is 8.29. The van der Waals surface area contributed by atoms with Crippen molar-refractivity contribution < 1.29 is 14.1 Å². The van der Waals surface area contributed by atoms with Gasteiger partial charge in [-0.3, -0.25) is 9.69 Å². The maximum Gasteiger partial charge on any atom is 0.273 e. The van der Waals surface area contributed by atoms with Crippen LogP contribution in [0.3, 0.4) is 0 Å². The van der Waals surface area contributed by atoms with Crippen LogP contribution in [0, 0.1) is 0 Å². The first-order valence-electron chi connectivity index (χ1n) is 9.30. The quantitative estimate of drug-likeness (QED) is 0.838. The van der Waals surface area contributed by atoms with Crippen molar-refractivity contribution in [3.05, 3.63) is 17.5 Å². The van der Waals surface area contributed by atoms with Gasteiger partial charge in [-0.2, -0.15) is 0 Å². The molecule has 0 aliphatic carbocycles. The van der Waals surface area contributed by atoms with E-state index in [0.29, 0.717) is 24.5 Å². The van der Waals surface area contributed by atoms with Crippen LogP contribution < -0.4 is 5.32 Å². The summed E-state index contributed by atoms with van der Waals surface area (Å²) in [6, 6.07) is 1.73. The molecule has 1 aromatic heterocycles. The van der Waals surface area contributed by atoms with Crippen molar-refractivity contribution in [3.8, 4) is 0 Å². The van der Waals surface area contributed by atoms with Gasteiger partial charge >= 0.3 is 0 Å². The molecule has 140 valence electrons. The molecule has 3 heterocycles. The van der Waals surface area contributed by atoms with E-state index in [1.165, 1.54) is 19.3 Å². The van der Waals surface area contributed by atoms with Gasteiger partial charge in [-0.15, -0.1) is 0 Å². The van der Waals surface area contributed by atoms with E-state index in [1.807, 2.05) is 19.0 Å². The molecule has 0 saturated carbocycles. The summed E-state index contributed by atoms with van der Waals surface area (Å²) in [6.07, 6.45) is 5.74. The van der Waals surface area contributed by atoms with Crippen LogP contribution >= 0.6 is 0 Å². The lowest BCUT2D eigenvalue weighted by Gasteiger charge is -2.48. The lowest BCUT2D eigenvalue weighted by Crippen LogP contribution is -2.59. The standard InChI is InChI=1S/C18H30N4O3/c1-21(2)13-15-12-16(20-25-15)17(23)19-14-18(6-10-24-11-7-18)22-8-4-3-5-9-22/h12H,3-11,13-14H2,1-2H3,(H,19,23). The molecule has 2 aliphatic heterocycles. The molecule has 0 spiro atoms. The summed E-state index contributed by atoms with van der Waals surface area (Å²) in [5.41, 5.74) is 0.377. The van der Waals surface area contributed by atoms with Crippen LogP contribution in [0.1, 0.15) is 48.4 Å². The molecule has 2 saturated heterocycles. The summed E-state index contributed by atoms with van der Waals surface area (Å²) >= 11 is 0. The number of rotatable bonds is 6. The highest BCUT2D eigenvalue weighted by atomic mass is 16.5. The third-order valence-electron chi connectivity index (χ3n) is 5.29. The average molecular weight is 350 g/mol. The Bertz CT molecular complexity index is 560. The van der Waals surface area contributed by atoms with Crippen LogP contribution in [0.4, 0.5) is 0 Å². The summed E-state index contributed by atoms with van der Waals surface area (Å²) in [4.78, 5) is 17.1. The Labute approximate surface area is 149 Å². The number of aromatic nitrogens is 1. The zero-order valence-electron chi connectivity index (χ0n) is 15.4. The van der Waals surface area contributed by atoms with E-state index in [-0.39, 0.29) is 11.4 Å². The van der Waals surface area contributed by atoms with Gasteiger partial charge in [-0.05, 0) is 52.9 Å². The van der Waals surface area contributed by atoms with Gasteiger partial charge in [-0.25, -0.2) is 0 Å². The van der Waals surface area contributed by atoms with Crippen molar-refractivity contribution in [2.75, 3.05) is 46.9 Å². The molecule has 0 atom stereocenters. The molecular weight excluding hydrogens is 320 g/mol. The van der Waals surface area contributed by atoms with Crippen LogP contribution in [0.25, 0.3) is 0 Å². The Hall–Kier alpha value is -1.44. The van der Waals surface area contributed by atoms with E-state index in [9.17, 15) is 4.79 Å². The Kier molecular flexibility index (Phi) is 6.09. The van der Waals surface area contributed by atoms with Crippen molar-refractivity contribution in [1.82, 2.24) is 20.3 Å². The van der Waals surface area contributed by atoms with Gasteiger partial charge in [-0.1, -0.05) is 11.6 Å². The number of carbonyl (C=O) groups is 1. The van der Waals surface area contributed by atoms with E-state index in [0.717, 1.165) is 39.1 Å². The Balaban J connectivity index is 1.62. The maximum atomic E-state index is 12.5. The lowest BCUT2D eigenvalue weighted by atomic mass is 9.86. The molecule has 1 aromatic rings. The van der Waals surface area contributed by atoms with Crippen LogP contribution in [0.15, 0.2) is 10.6 Å². The number of nitrogens with one attached hydrogen (secondary N) is 1. The maximum absolute atomic E-state index is 12.5. The smallest absolute Gasteiger partial charge is 0.273 e. The van der Waals surface area contributed by atoms with Crippen molar-refractivity contribution in [2.24, 2.45) is 0 Å². The second-order valence-electron chi connectivity index (χ2n) is 7.48. The van der Waals surface area contributed by atoms with Crippen molar-refractivity contribution >= 4 is 5.91 Å². The third kappa shape index (κ3) is 4.59. The first kappa shape index (κ1) is 18.4. The van der Waals surface area contributed by atoms with E-state index in [1.54, 1.807) is 6.07 Å². The lowest BCUT2D eigenvalue weighted by molar-refractivity contribution is -0.0349. The molecule has 7 heteroatoms. The Morgan fingerprint density at radius 2 is 2.00 bits per heavy atom. The molecule has 2 fully saturated rings. The number of piperidine rings is 1. The summed E-state index contributed by atoms with van der Waals surface area (Å²) < 4.78 is 10.8. The van der Waals surface area contributed by atoms with Gasteiger partial charge in [0.05, 0.1) is 6.54 Å². The molecule has 25 heavy (non-hydrogen) atoms. The third-order valence-corrected chi connectivity index (χ3v) is 5.29. The van der Waals surface area contributed by atoms with Crippen LogP contribution in [-0.4, -0.2) is 73.3 Å². The van der Waals surface area contributed by atoms with Crippen LogP contribution in [0.2, 0.25) is 0 Å². The molecule has 1 N–H and O–H groups in total. The summed E-state index contributed by atoms with van der Waals surface area (Å²) in [7, 11) is 3.91. The van der Waals surface area contributed by atoms with E-state index < -0.39 is 0 Å². The van der Waals surface area contributed by atoms with Crippen LogP contribution in [-0.2, 0) is 11.3 Å². The van der Waals surface area contributed by atoms with E-state index >= 15 is 0 Å².